The molecule has 0 fully saturated rings. The van der Waals surface area contributed by atoms with E-state index in [0.29, 0.717) is 16.7 Å². The van der Waals surface area contributed by atoms with Crippen LogP contribution in [0.5, 0.6) is 0 Å². The predicted molar refractivity (Wildman–Crippen MR) is 115 cm³/mol. The van der Waals surface area contributed by atoms with Gasteiger partial charge in [0, 0.05) is 28.8 Å². The zero-order valence-electron chi connectivity index (χ0n) is 16.6. The number of carbonyl (C=O) groups excluding carboxylic acids is 2. The third-order valence-electron chi connectivity index (χ3n) is 5.54. The lowest BCUT2D eigenvalue weighted by Crippen LogP contribution is -2.24. The number of rotatable bonds is 4. The average molecular weight is 397 g/mol. The molecule has 0 spiro atoms. The van der Waals surface area contributed by atoms with Gasteiger partial charge in [-0.1, -0.05) is 54.6 Å². The molecule has 0 unspecified atom stereocenters. The molecule has 4 rings (SSSR count). The van der Waals surface area contributed by atoms with Crippen molar-refractivity contribution in [2.45, 2.75) is 19.3 Å². The van der Waals surface area contributed by atoms with Crippen molar-refractivity contribution in [3.63, 3.8) is 0 Å². The molecule has 3 aromatic carbocycles. The molecule has 0 radical (unpaired) electrons. The van der Waals surface area contributed by atoms with Crippen LogP contribution in [0.3, 0.4) is 0 Å². The van der Waals surface area contributed by atoms with Gasteiger partial charge in [-0.15, -0.1) is 0 Å². The van der Waals surface area contributed by atoms with E-state index in [1.807, 2.05) is 44.2 Å². The number of nitro groups is 1. The molecule has 1 aliphatic carbocycles. The number of ketones is 2. The van der Waals surface area contributed by atoms with E-state index in [-0.39, 0.29) is 22.8 Å². The highest BCUT2D eigenvalue weighted by atomic mass is 16.6. The minimum atomic E-state index is -0.769. The van der Waals surface area contributed by atoms with E-state index in [1.54, 1.807) is 24.3 Å². The zero-order valence-corrected chi connectivity index (χ0v) is 16.6. The lowest BCUT2D eigenvalue weighted by Gasteiger charge is -2.17. The lowest BCUT2D eigenvalue weighted by atomic mass is 9.84. The standard InChI is InChI=1S/C25H19NO4/c1-25(2)20-11-7-6-10-19(20)22(24(25)28)21(23(27)17-8-4-3-5-9-17)16-12-14-18(15-13-16)26(29)30/h3-15H,1-2H3/b22-21-. The van der Waals surface area contributed by atoms with Crippen molar-refractivity contribution in [3.8, 4) is 0 Å². The maximum atomic E-state index is 13.6. The molecule has 0 aliphatic heterocycles. The fourth-order valence-electron chi connectivity index (χ4n) is 3.92. The maximum absolute atomic E-state index is 13.6. The predicted octanol–water partition coefficient (Wildman–Crippen LogP) is 5.25. The Balaban J connectivity index is 2.02. The van der Waals surface area contributed by atoms with Gasteiger partial charge in [0.05, 0.1) is 10.3 Å². The van der Waals surface area contributed by atoms with Gasteiger partial charge < -0.3 is 0 Å². The molecule has 0 heterocycles. The van der Waals surface area contributed by atoms with Crippen LogP contribution in [-0.2, 0) is 10.2 Å². The van der Waals surface area contributed by atoms with Crippen molar-refractivity contribution in [2.75, 3.05) is 0 Å². The van der Waals surface area contributed by atoms with E-state index in [4.69, 9.17) is 0 Å². The third-order valence-corrected chi connectivity index (χ3v) is 5.54. The summed E-state index contributed by atoms with van der Waals surface area (Å²) >= 11 is 0. The van der Waals surface area contributed by atoms with Gasteiger partial charge in [-0.2, -0.15) is 0 Å². The average Bonchev–Trinajstić information content (AvgIpc) is 2.96. The molecular weight excluding hydrogens is 378 g/mol. The Kier molecular flexibility index (Phi) is 4.66. The Bertz CT molecular complexity index is 1210. The van der Waals surface area contributed by atoms with Gasteiger partial charge in [0.1, 0.15) is 0 Å². The summed E-state index contributed by atoms with van der Waals surface area (Å²) in [7, 11) is 0. The number of allylic oxidation sites excluding steroid dienone is 2. The first-order valence-electron chi connectivity index (χ1n) is 9.56. The molecule has 0 amide bonds. The monoisotopic (exact) mass is 397 g/mol. The number of benzene rings is 3. The number of fused-ring (bicyclic) bond motifs is 1. The number of nitro benzene ring substituents is 1. The molecule has 5 heteroatoms. The molecule has 0 saturated carbocycles. The topological polar surface area (TPSA) is 77.3 Å². The Labute approximate surface area is 173 Å². The summed E-state index contributed by atoms with van der Waals surface area (Å²) in [4.78, 5) is 37.6. The second-order valence-corrected chi connectivity index (χ2v) is 7.75. The van der Waals surface area contributed by atoms with E-state index in [9.17, 15) is 19.7 Å². The largest absolute Gasteiger partial charge is 0.293 e. The Hall–Kier alpha value is -3.86. The minimum absolute atomic E-state index is 0.0752. The second-order valence-electron chi connectivity index (χ2n) is 7.75. The van der Waals surface area contributed by atoms with Crippen LogP contribution >= 0.6 is 0 Å². The number of non-ortho nitro benzene ring substituents is 1. The van der Waals surface area contributed by atoms with E-state index in [1.165, 1.54) is 24.3 Å². The summed E-state index contributed by atoms with van der Waals surface area (Å²) in [5.41, 5.74) is 2.30. The summed E-state index contributed by atoms with van der Waals surface area (Å²) in [5.74, 6) is -0.429. The summed E-state index contributed by atoms with van der Waals surface area (Å²) in [6, 6.07) is 22.0. The van der Waals surface area contributed by atoms with E-state index < -0.39 is 10.3 Å². The number of nitrogens with zero attached hydrogens (tertiary/aromatic N) is 1. The maximum Gasteiger partial charge on any atom is 0.269 e. The van der Waals surface area contributed by atoms with Crippen LogP contribution in [0.2, 0.25) is 0 Å². The zero-order chi connectivity index (χ0) is 21.5. The molecule has 0 bridgehead atoms. The van der Waals surface area contributed by atoms with Crippen molar-refractivity contribution in [1.82, 2.24) is 0 Å². The third kappa shape index (κ3) is 3.05. The highest BCUT2D eigenvalue weighted by Gasteiger charge is 2.44. The Morgan fingerprint density at radius 3 is 2.07 bits per heavy atom. The van der Waals surface area contributed by atoms with Crippen molar-refractivity contribution in [2.24, 2.45) is 0 Å². The number of hydrogen-bond donors (Lipinski definition) is 0. The number of hydrogen-bond acceptors (Lipinski definition) is 4. The molecule has 3 aromatic rings. The molecule has 0 N–H and O–H groups in total. The first-order chi connectivity index (χ1) is 14.3. The summed E-state index contributed by atoms with van der Waals surface area (Å²) in [5, 5.41) is 11.1. The van der Waals surface area contributed by atoms with E-state index in [0.717, 1.165) is 11.1 Å². The number of carbonyl (C=O) groups is 2. The molecule has 0 atom stereocenters. The van der Waals surface area contributed by atoms with Gasteiger partial charge in [-0.25, -0.2) is 0 Å². The number of Topliss-reactive ketones (excluding diaryl/α,β-unsaturated/α-hetero) is 2. The Morgan fingerprint density at radius 2 is 1.43 bits per heavy atom. The van der Waals surface area contributed by atoms with Crippen molar-refractivity contribution >= 4 is 28.4 Å². The normalized spacial score (nSPS) is 16.1. The Morgan fingerprint density at radius 1 is 0.833 bits per heavy atom. The second kappa shape index (κ2) is 7.19. The van der Waals surface area contributed by atoms with Gasteiger partial charge >= 0.3 is 0 Å². The van der Waals surface area contributed by atoms with Gasteiger partial charge in [-0.05, 0) is 42.7 Å². The summed E-state index contributed by atoms with van der Waals surface area (Å²) < 4.78 is 0. The van der Waals surface area contributed by atoms with E-state index in [2.05, 4.69) is 0 Å². The van der Waals surface area contributed by atoms with Gasteiger partial charge in [0.2, 0.25) is 0 Å². The van der Waals surface area contributed by atoms with Crippen LogP contribution < -0.4 is 0 Å². The first-order valence-corrected chi connectivity index (χ1v) is 9.56. The van der Waals surface area contributed by atoms with Crippen LogP contribution in [0.25, 0.3) is 11.1 Å². The molecular formula is C25H19NO4. The van der Waals surface area contributed by atoms with E-state index >= 15 is 0 Å². The van der Waals surface area contributed by atoms with Crippen LogP contribution in [-0.4, -0.2) is 16.5 Å². The molecule has 30 heavy (non-hydrogen) atoms. The van der Waals surface area contributed by atoms with Crippen molar-refractivity contribution in [1.29, 1.82) is 0 Å². The quantitative estimate of drug-likeness (QED) is 0.261. The van der Waals surface area contributed by atoms with Crippen LogP contribution in [0.15, 0.2) is 78.9 Å². The van der Waals surface area contributed by atoms with Crippen LogP contribution in [0.1, 0.15) is 40.9 Å². The van der Waals surface area contributed by atoms with Gasteiger partial charge in [0.25, 0.3) is 5.69 Å². The highest BCUT2D eigenvalue weighted by molar-refractivity contribution is 6.47. The minimum Gasteiger partial charge on any atom is -0.293 e. The van der Waals surface area contributed by atoms with Crippen molar-refractivity contribution in [3.05, 3.63) is 111 Å². The first kappa shape index (κ1) is 19.5. The van der Waals surface area contributed by atoms with Gasteiger partial charge in [-0.3, -0.25) is 19.7 Å². The molecule has 0 aromatic heterocycles. The molecule has 1 aliphatic rings. The molecule has 148 valence electrons. The summed E-state index contributed by atoms with van der Waals surface area (Å²) in [6.45, 7) is 3.70. The highest BCUT2D eigenvalue weighted by Crippen LogP contribution is 2.46. The fraction of sp³-hybridized carbons (Fsp3) is 0.120. The van der Waals surface area contributed by atoms with Crippen molar-refractivity contribution < 1.29 is 14.5 Å². The lowest BCUT2D eigenvalue weighted by molar-refractivity contribution is -0.384. The van der Waals surface area contributed by atoms with Gasteiger partial charge in [0.15, 0.2) is 11.6 Å². The van der Waals surface area contributed by atoms with Crippen LogP contribution in [0.4, 0.5) is 5.69 Å². The smallest absolute Gasteiger partial charge is 0.269 e. The SMILES string of the molecule is CC1(C)C(=O)/C(=C(\C(=O)c2ccccc2)c2ccc([N+](=O)[O-])cc2)c2ccccc21. The van der Waals surface area contributed by atoms with Crippen LogP contribution in [0, 0.1) is 10.1 Å². The summed E-state index contributed by atoms with van der Waals surface area (Å²) in [6.07, 6.45) is 0. The molecule has 0 saturated heterocycles. The molecule has 5 nitrogen and oxygen atoms in total. The fourth-order valence-corrected chi connectivity index (χ4v) is 3.92.